The van der Waals surface area contributed by atoms with Crippen LogP contribution in [0.3, 0.4) is 0 Å². The molecule has 1 N–H and O–H groups in total. The van der Waals surface area contributed by atoms with E-state index in [9.17, 15) is 9.90 Å². The lowest BCUT2D eigenvalue weighted by atomic mass is 10.1. The van der Waals surface area contributed by atoms with Crippen molar-refractivity contribution in [3.63, 3.8) is 0 Å². The quantitative estimate of drug-likeness (QED) is 0.808. The lowest BCUT2D eigenvalue weighted by Gasteiger charge is -2.26. The van der Waals surface area contributed by atoms with Crippen LogP contribution in [0.5, 0.6) is 0 Å². The van der Waals surface area contributed by atoms with Crippen molar-refractivity contribution < 1.29 is 9.90 Å². The Bertz CT molecular complexity index is 357. The minimum absolute atomic E-state index is 0.216. The highest BCUT2D eigenvalue weighted by atomic mass is 28.3. The predicted octanol–water partition coefficient (Wildman–Crippen LogP) is 1.73. The van der Waals surface area contributed by atoms with Gasteiger partial charge in [0.2, 0.25) is 0 Å². The molecule has 1 rings (SSSR count). The highest BCUT2D eigenvalue weighted by Gasteiger charge is 2.36. The van der Waals surface area contributed by atoms with Crippen LogP contribution >= 0.6 is 0 Å². The molecule has 2 nitrogen and oxygen atoms in total. The Morgan fingerprint density at radius 3 is 2.12 bits per heavy atom. The first-order valence-corrected chi connectivity index (χ1v) is 8.65. The summed E-state index contributed by atoms with van der Waals surface area (Å²) in [4.78, 5) is 12.3. The standard InChI is InChI=1S/C13H20O2Si/c1-10(11(2)14)13(15)16(3,4)12-8-6-5-7-9-12/h5-11,14H,1-4H3/t10-,11+/m0/s1. The van der Waals surface area contributed by atoms with Crippen molar-refractivity contribution in [1.82, 2.24) is 0 Å². The molecule has 0 spiro atoms. The molecule has 0 aliphatic rings. The fourth-order valence-electron chi connectivity index (χ4n) is 1.79. The van der Waals surface area contributed by atoms with Gasteiger partial charge >= 0.3 is 0 Å². The molecule has 0 amide bonds. The van der Waals surface area contributed by atoms with Crippen LogP contribution in [-0.4, -0.2) is 24.7 Å². The monoisotopic (exact) mass is 236 g/mol. The number of rotatable bonds is 4. The zero-order chi connectivity index (χ0) is 12.3. The maximum absolute atomic E-state index is 12.3. The van der Waals surface area contributed by atoms with Gasteiger partial charge in [0.15, 0.2) is 8.07 Å². The van der Waals surface area contributed by atoms with Gasteiger partial charge in [-0.15, -0.1) is 0 Å². The van der Waals surface area contributed by atoms with Gasteiger partial charge in [0, 0.05) is 5.92 Å². The largest absolute Gasteiger partial charge is 0.393 e. The van der Waals surface area contributed by atoms with Gasteiger partial charge in [0.05, 0.1) is 6.10 Å². The molecular formula is C13H20O2Si. The van der Waals surface area contributed by atoms with E-state index in [2.05, 4.69) is 0 Å². The van der Waals surface area contributed by atoms with Crippen molar-refractivity contribution in [2.24, 2.45) is 5.92 Å². The molecular weight excluding hydrogens is 216 g/mol. The second kappa shape index (κ2) is 4.93. The fraction of sp³-hybridized carbons (Fsp3) is 0.462. The highest BCUT2D eigenvalue weighted by Crippen LogP contribution is 2.14. The molecule has 0 aromatic heterocycles. The zero-order valence-electron chi connectivity index (χ0n) is 10.4. The van der Waals surface area contributed by atoms with Gasteiger partial charge in [-0.2, -0.15) is 0 Å². The van der Waals surface area contributed by atoms with E-state index in [0.717, 1.165) is 5.19 Å². The van der Waals surface area contributed by atoms with Crippen molar-refractivity contribution >= 4 is 18.7 Å². The number of aliphatic hydroxyl groups excluding tert-OH is 1. The molecule has 0 saturated carbocycles. The molecule has 1 aromatic rings. The summed E-state index contributed by atoms with van der Waals surface area (Å²) in [6.07, 6.45) is -0.567. The van der Waals surface area contributed by atoms with Crippen LogP contribution in [-0.2, 0) is 4.79 Å². The summed E-state index contributed by atoms with van der Waals surface area (Å²) in [7, 11) is -2.11. The van der Waals surface area contributed by atoms with Crippen molar-refractivity contribution in [1.29, 1.82) is 0 Å². The fourth-order valence-corrected chi connectivity index (χ4v) is 4.48. The van der Waals surface area contributed by atoms with E-state index in [4.69, 9.17) is 0 Å². The first kappa shape index (κ1) is 13.1. The third-order valence-corrected chi connectivity index (χ3v) is 6.71. The average Bonchev–Trinajstić information content (AvgIpc) is 2.28. The van der Waals surface area contributed by atoms with Crippen LogP contribution in [0.4, 0.5) is 0 Å². The Kier molecular flexibility index (Phi) is 4.05. The molecule has 0 heterocycles. The van der Waals surface area contributed by atoms with E-state index in [1.165, 1.54) is 0 Å². The summed E-state index contributed by atoms with van der Waals surface area (Å²) in [5, 5.41) is 10.9. The summed E-state index contributed by atoms with van der Waals surface area (Å²) in [5.74, 6) is -0.276. The van der Waals surface area contributed by atoms with Crippen LogP contribution in [0.15, 0.2) is 30.3 Å². The lowest BCUT2D eigenvalue weighted by molar-refractivity contribution is -0.118. The molecule has 2 atom stereocenters. The molecule has 0 fully saturated rings. The number of hydrogen-bond acceptors (Lipinski definition) is 2. The first-order chi connectivity index (χ1) is 7.37. The van der Waals surface area contributed by atoms with E-state index < -0.39 is 14.2 Å². The SMILES string of the molecule is C[C@H](C(=O)[Si](C)(C)c1ccccc1)[C@@H](C)O. The molecule has 0 bridgehead atoms. The summed E-state index contributed by atoms with van der Waals surface area (Å²) in [6, 6.07) is 9.91. The van der Waals surface area contributed by atoms with Gasteiger partial charge in [0.1, 0.15) is 5.41 Å². The van der Waals surface area contributed by atoms with Gasteiger partial charge in [0.25, 0.3) is 0 Å². The van der Waals surface area contributed by atoms with Crippen LogP contribution in [0.1, 0.15) is 13.8 Å². The molecule has 0 unspecified atom stereocenters. The van der Waals surface area contributed by atoms with E-state index in [1.807, 2.05) is 50.3 Å². The molecule has 0 radical (unpaired) electrons. The molecule has 0 saturated heterocycles. The second-order valence-corrected chi connectivity index (χ2v) is 9.20. The summed E-state index contributed by atoms with van der Waals surface area (Å²) < 4.78 is 0. The third-order valence-electron chi connectivity index (χ3n) is 3.25. The van der Waals surface area contributed by atoms with Crippen molar-refractivity contribution in [3.05, 3.63) is 30.3 Å². The van der Waals surface area contributed by atoms with Gasteiger partial charge in [-0.05, 0) is 6.92 Å². The average molecular weight is 236 g/mol. The van der Waals surface area contributed by atoms with Crippen LogP contribution in [0.2, 0.25) is 13.1 Å². The summed E-state index contributed by atoms with van der Waals surface area (Å²) >= 11 is 0. The normalized spacial score (nSPS) is 15.6. The van der Waals surface area contributed by atoms with Crippen LogP contribution in [0, 0.1) is 5.92 Å². The topological polar surface area (TPSA) is 37.3 Å². The minimum atomic E-state index is -2.11. The van der Waals surface area contributed by atoms with E-state index in [0.29, 0.717) is 0 Å². The van der Waals surface area contributed by atoms with E-state index >= 15 is 0 Å². The van der Waals surface area contributed by atoms with Crippen LogP contribution < -0.4 is 5.19 Å². The minimum Gasteiger partial charge on any atom is -0.393 e. The number of carbonyl (C=O) groups excluding carboxylic acids is 1. The van der Waals surface area contributed by atoms with Crippen molar-refractivity contribution in [2.75, 3.05) is 0 Å². The highest BCUT2D eigenvalue weighted by molar-refractivity contribution is 7.13. The zero-order valence-corrected chi connectivity index (χ0v) is 11.4. The predicted molar refractivity (Wildman–Crippen MR) is 69.4 cm³/mol. The Morgan fingerprint density at radius 2 is 1.69 bits per heavy atom. The van der Waals surface area contributed by atoms with E-state index in [1.54, 1.807) is 6.92 Å². The molecule has 88 valence electrons. The third kappa shape index (κ3) is 2.60. The Hall–Kier alpha value is -0.933. The van der Waals surface area contributed by atoms with E-state index in [-0.39, 0.29) is 11.3 Å². The summed E-state index contributed by atoms with van der Waals surface area (Å²) in [5.41, 5.74) is 0. The molecule has 3 heteroatoms. The smallest absolute Gasteiger partial charge is 0.157 e. The number of carbonyl (C=O) groups is 1. The van der Waals surface area contributed by atoms with Gasteiger partial charge in [-0.25, -0.2) is 0 Å². The number of hydrogen-bond donors (Lipinski definition) is 1. The maximum atomic E-state index is 12.3. The molecule has 0 aliphatic carbocycles. The number of aliphatic hydroxyl groups is 1. The van der Waals surface area contributed by atoms with Crippen LogP contribution in [0.25, 0.3) is 0 Å². The Labute approximate surface area is 98.3 Å². The second-order valence-electron chi connectivity index (χ2n) is 4.88. The molecule has 1 aromatic carbocycles. The Morgan fingerprint density at radius 1 is 1.19 bits per heavy atom. The van der Waals surface area contributed by atoms with Gasteiger partial charge in [-0.1, -0.05) is 55.5 Å². The van der Waals surface area contributed by atoms with Gasteiger partial charge in [-0.3, -0.25) is 0 Å². The Balaban J connectivity index is 2.99. The molecule has 0 aliphatic heterocycles. The van der Waals surface area contributed by atoms with Crippen molar-refractivity contribution in [3.8, 4) is 0 Å². The summed E-state index contributed by atoms with van der Waals surface area (Å²) in [6.45, 7) is 7.58. The van der Waals surface area contributed by atoms with Gasteiger partial charge < -0.3 is 9.90 Å². The molecule has 16 heavy (non-hydrogen) atoms. The number of benzene rings is 1. The first-order valence-electron chi connectivity index (χ1n) is 5.65. The lowest BCUT2D eigenvalue weighted by Crippen LogP contribution is -2.53. The maximum Gasteiger partial charge on any atom is 0.157 e. The van der Waals surface area contributed by atoms with Crippen molar-refractivity contribution in [2.45, 2.75) is 33.0 Å².